The van der Waals surface area contributed by atoms with E-state index in [1.807, 2.05) is 41.3 Å². The summed E-state index contributed by atoms with van der Waals surface area (Å²) in [5.74, 6) is 1.34. The molecule has 1 aromatic carbocycles. The zero-order valence-corrected chi connectivity index (χ0v) is 21.0. The molecule has 2 aromatic heterocycles. The number of thioether (sulfide) groups is 1. The highest BCUT2D eigenvalue weighted by atomic mass is 32.2. The summed E-state index contributed by atoms with van der Waals surface area (Å²) < 4.78 is 12.3. The van der Waals surface area contributed by atoms with Crippen LogP contribution in [0.3, 0.4) is 0 Å². The minimum atomic E-state index is -0.408. The fourth-order valence-corrected chi connectivity index (χ4v) is 4.92. The van der Waals surface area contributed by atoms with Gasteiger partial charge in [-0.15, -0.1) is 21.5 Å². The van der Waals surface area contributed by atoms with Crippen molar-refractivity contribution >= 4 is 40.0 Å². The number of thiophene rings is 1. The molecule has 10 heteroatoms. The zero-order valence-electron chi connectivity index (χ0n) is 19.4. The lowest BCUT2D eigenvalue weighted by molar-refractivity contribution is -0.113. The van der Waals surface area contributed by atoms with Crippen molar-refractivity contribution in [2.24, 2.45) is 13.0 Å². The van der Waals surface area contributed by atoms with Crippen LogP contribution in [0.2, 0.25) is 0 Å². The van der Waals surface area contributed by atoms with Crippen molar-refractivity contribution in [3.63, 3.8) is 0 Å². The summed E-state index contributed by atoms with van der Waals surface area (Å²) in [6.45, 7) is 6.22. The van der Waals surface area contributed by atoms with Gasteiger partial charge in [-0.05, 0) is 54.5 Å². The number of benzene rings is 1. The molecule has 0 saturated carbocycles. The van der Waals surface area contributed by atoms with Gasteiger partial charge in [-0.25, -0.2) is 4.79 Å². The van der Waals surface area contributed by atoms with Crippen molar-refractivity contribution in [3.8, 4) is 17.1 Å². The summed E-state index contributed by atoms with van der Waals surface area (Å²) in [5, 5.41) is 14.4. The number of anilines is 1. The van der Waals surface area contributed by atoms with Gasteiger partial charge in [-0.3, -0.25) is 4.79 Å². The Labute approximate surface area is 201 Å². The van der Waals surface area contributed by atoms with Crippen LogP contribution in [0.5, 0.6) is 5.75 Å². The first-order valence-electron chi connectivity index (χ1n) is 10.6. The van der Waals surface area contributed by atoms with Crippen molar-refractivity contribution in [1.29, 1.82) is 0 Å². The van der Waals surface area contributed by atoms with Crippen molar-refractivity contribution < 1.29 is 19.1 Å². The third kappa shape index (κ3) is 6.14. The molecule has 0 spiro atoms. The average molecular weight is 489 g/mol. The first kappa shape index (κ1) is 24.8. The Morgan fingerprint density at radius 3 is 2.58 bits per heavy atom. The van der Waals surface area contributed by atoms with Gasteiger partial charge in [0.2, 0.25) is 5.91 Å². The predicted octanol–water partition coefficient (Wildman–Crippen LogP) is 4.66. The molecular weight excluding hydrogens is 460 g/mol. The lowest BCUT2D eigenvalue weighted by Gasteiger charge is -2.10. The molecule has 176 valence electrons. The Morgan fingerprint density at radius 2 is 1.94 bits per heavy atom. The van der Waals surface area contributed by atoms with E-state index in [0.717, 1.165) is 23.3 Å². The Bertz CT molecular complexity index is 1110. The van der Waals surface area contributed by atoms with E-state index in [1.165, 1.54) is 23.1 Å². The number of nitrogens with zero attached hydrogens (tertiary/aromatic N) is 3. The zero-order chi connectivity index (χ0) is 24.0. The fourth-order valence-electron chi connectivity index (χ4n) is 3.23. The number of amides is 1. The highest BCUT2D eigenvalue weighted by Gasteiger charge is 2.22. The SMILES string of the molecule is CCOC(=O)c1c(CC(C)C)csc1NC(=O)CSc1nnc(-c2ccc(OC)cc2)n1C. The van der Waals surface area contributed by atoms with Crippen LogP contribution in [0.1, 0.15) is 36.7 Å². The number of rotatable bonds is 10. The molecule has 8 nitrogen and oxygen atoms in total. The number of aromatic nitrogens is 3. The van der Waals surface area contributed by atoms with Gasteiger partial charge in [0.25, 0.3) is 0 Å². The van der Waals surface area contributed by atoms with Crippen LogP contribution < -0.4 is 10.1 Å². The molecule has 3 aromatic rings. The minimum Gasteiger partial charge on any atom is -0.497 e. The number of methoxy groups -OCH3 is 1. The monoisotopic (exact) mass is 488 g/mol. The molecule has 33 heavy (non-hydrogen) atoms. The maximum Gasteiger partial charge on any atom is 0.341 e. The number of hydrogen-bond donors (Lipinski definition) is 1. The molecule has 0 aliphatic heterocycles. The lowest BCUT2D eigenvalue weighted by atomic mass is 10.0. The normalized spacial score (nSPS) is 11.0. The van der Waals surface area contributed by atoms with E-state index in [9.17, 15) is 9.59 Å². The fraction of sp³-hybridized carbons (Fsp3) is 0.391. The predicted molar refractivity (Wildman–Crippen MR) is 131 cm³/mol. The van der Waals surface area contributed by atoms with E-state index in [1.54, 1.807) is 14.0 Å². The molecule has 0 aliphatic carbocycles. The Kier molecular flexibility index (Phi) is 8.51. The second-order valence-electron chi connectivity index (χ2n) is 7.71. The molecule has 1 amide bonds. The number of carbonyl (C=O) groups is 2. The Hall–Kier alpha value is -2.85. The van der Waals surface area contributed by atoms with Crippen LogP contribution in [-0.2, 0) is 23.0 Å². The number of hydrogen-bond acceptors (Lipinski definition) is 8. The van der Waals surface area contributed by atoms with Gasteiger partial charge >= 0.3 is 5.97 Å². The molecule has 1 N–H and O–H groups in total. The van der Waals surface area contributed by atoms with Gasteiger partial charge in [0.05, 0.1) is 25.0 Å². The highest BCUT2D eigenvalue weighted by molar-refractivity contribution is 7.99. The van der Waals surface area contributed by atoms with Gasteiger partial charge in [0.1, 0.15) is 10.8 Å². The minimum absolute atomic E-state index is 0.133. The highest BCUT2D eigenvalue weighted by Crippen LogP contribution is 2.31. The quantitative estimate of drug-likeness (QED) is 0.328. The first-order valence-corrected chi connectivity index (χ1v) is 12.4. The van der Waals surface area contributed by atoms with E-state index in [-0.39, 0.29) is 18.3 Å². The van der Waals surface area contributed by atoms with E-state index in [2.05, 4.69) is 29.4 Å². The molecule has 0 aliphatic rings. The largest absolute Gasteiger partial charge is 0.497 e. The first-order chi connectivity index (χ1) is 15.8. The smallest absolute Gasteiger partial charge is 0.341 e. The number of ether oxygens (including phenoxy) is 2. The third-order valence-electron chi connectivity index (χ3n) is 4.74. The van der Waals surface area contributed by atoms with Gasteiger partial charge < -0.3 is 19.4 Å². The van der Waals surface area contributed by atoms with Crippen LogP contribution >= 0.6 is 23.1 Å². The van der Waals surface area contributed by atoms with Crippen LogP contribution in [0.25, 0.3) is 11.4 Å². The number of nitrogens with one attached hydrogen (secondary N) is 1. The van der Waals surface area contributed by atoms with Crippen molar-refractivity contribution in [3.05, 3.63) is 40.8 Å². The van der Waals surface area contributed by atoms with Crippen LogP contribution in [0, 0.1) is 5.92 Å². The van der Waals surface area contributed by atoms with Crippen molar-refractivity contribution in [1.82, 2.24) is 14.8 Å². The van der Waals surface area contributed by atoms with Crippen molar-refractivity contribution in [2.45, 2.75) is 32.3 Å². The summed E-state index contributed by atoms with van der Waals surface area (Å²) in [5.41, 5.74) is 2.25. The number of carbonyl (C=O) groups excluding carboxylic acids is 2. The van der Waals surface area contributed by atoms with Gasteiger partial charge in [-0.2, -0.15) is 0 Å². The van der Waals surface area contributed by atoms with Gasteiger partial charge in [0.15, 0.2) is 11.0 Å². The third-order valence-corrected chi connectivity index (χ3v) is 6.71. The van der Waals surface area contributed by atoms with Crippen molar-refractivity contribution in [2.75, 3.05) is 24.8 Å². The second-order valence-corrected chi connectivity index (χ2v) is 9.54. The Balaban J connectivity index is 1.68. The summed E-state index contributed by atoms with van der Waals surface area (Å²) in [6, 6.07) is 7.54. The Morgan fingerprint density at radius 1 is 1.21 bits per heavy atom. The second kappa shape index (κ2) is 11.3. The van der Waals surface area contributed by atoms with E-state index >= 15 is 0 Å². The molecule has 0 atom stereocenters. The van der Waals surface area contributed by atoms with Crippen LogP contribution in [0.4, 0.5) is 5.00 Å². The molecule has 0 radical (unpaired) electrons. The molecule has 0 fully saturated rings. The maximum atomic E-state index is 12.7. The van der Waals surface area contributed by atoms with Gasteiger partial charge in [-0.1, -0.05) is 25.6 Å². The van der Waals surface area contributed by atoms with E-state index in [4.69, 9.17) is 9.47 Å². The van der Waals surface area contributed by atoms with Crippen LogP contribution in [-0.4, -0.2) is 46.1 Å². The number of esters is 1. The molecule has 2 heterocycles. The molecule has 0 saturated heterocycles. The lowest BCUT2D eigenvalue weighted by Crippen LogP contribution is -2.17. The standard InChI is InChI=1S/C23H28N4O4S2/c1-6-31-22(29)19-16(11-14(2)3)12-32-21(19)24-18(28)13-33-23-26-25-20(27(23)4)15-7-9-17(30-5)10-8-15/h7-10,12,14H,6,11,13H2,1-5H3,(H,24,28). The summed E-state index contributed by atoms with van der Waals surface area (Å²) in [6.07, 6.45) is 0.738. The summed E-state index contributed by atoms with van der Waals surface area (Å²) in [7, 11) is 3.48. The van der Waals surface area contributed by atoms with E-state index in [0.29, 0.717) is 27.5 Å². The van der Waals surface area contributed by atoms with Crippen LogP contribution in [0.15, 0.2) is 34.8 Å². The van der Waals surface area contributed by atoms with Gasteiger partial charge in [0, 0.05) is 12.6 Å². The summed E-state index contributed by atoms with van der Waals surface area (Å²) in [4.78, 5) is 25.2. The average Bonchev–Trinajstić information content (AvgIpc) is 3.35. The molecule has 0 bridgehead atoms. The maximum absolute atomic E-state index is 12.7. The molecular formula is C23H28N4O4S2. The summed E-state index contributed by atoms with van der Waals surface area (Å²) >= 11 is 2.62. The molecule has 3 rings (SSSR count). The molecule has 0 unspecified atom stereocenters. The van der Waals surface area contributed by atoms with E-state index < -0.39 is 5.97 Å². The topological polar surface area (TPSA) is 95.3 Å².